The molecule has 0 aliphatic carbocycles. The molecule has 0 spiro atoms. The third-order valence-corrected chi connectivity index (χ3v) is 4.35. The molecule has 150 valence electrons. The van der Waals surface area contributed by atoms with Gasteiger partial charge in [-0.15, -0.1) is 0 Å². The number of esters is 2. The van der Waals surface area contributed by atoms with Crippen molar-refractivity contribution in [3.8, 4) is 11.5 Å². The lowest BCUT2D eigenvalue weighted by Crippen LogP contribution is -2.25. The van der Waals surface area contributed by atoms with Gasteiger partial charge < -0.3 is 23.9 Å². The van der Waals surface area contributed by atoms with Crippen LogP contribution in [-0.2, 0) is 9.47 Å². The van der Waals surface area contributed by atoms with Crippen molar-refractivity contribution in [1.82, 2.24) is 4.98 Å². The number of carbonyl (C=O) groups is 3. The van der Waals surface area contributed by atoms with E-state index in [-0.39, 0.29) is 11.3 Å². The SMILES string of the molecule is COC(=O)c1c(C)[nH]c(C(=O)[C@H](C)OC(=O)c2ccc(OC)c(OC)c2)c1C. The summed E-state index contributed by atoms with van der Waals surface area (Å²) in [6.45, 7) is 4.76. The van der Waals surface area contributed by atoms with Gasteiger partial charge in [0.05, 0.1) is 38.2 Å². The topological polar surface area (TPSA) is 104 Å². The molecular weight excluding hydrogens is 366 g/mol. The minimum absolute atomic E-state index is 0.200. The molecule has 0 saturated heterocycles. The summed E-state index contributed by atoms with van der Waals surface area (Å²) in [4.78, 5) is 39.9. The zero-order chi connectivity index (χ0) is 21.0. The van der Waals surface area contributed by atoms with E-state index in [9.17, 15) is 14.4 Å². The Balaban J connectivity index is 2.21. The molecule has 2 aromatic rings. The largest absolute Gasteiger partial charge is 0.493 e. The third-order valence-electron chi connectivity index (χ3n) is 4.35. The molecule has 0 aliphatic heterocycles. The number of carbonyl (C=O) groups excluding carboxylic acids is 3. The molecule has 0 fully saturated rings. The molecule has 28 heavy (non-hydrogen) atoms. The van der Waals surface area contributed by atoms with Gasteiger partial charge in [-0.25, -0.2) is 9.59 Å². The van der Waals surface area contributed by atoms with Crippen LogP contribution in [0.4, 0.5) is 0 Å². The second kappa shape index (κ2) is 8.60. The normalized spacial score (nSPS) is 11.5. The van der Waals surface area contributed by atoms with Gasteiger partial charge >= 0.3 is 11.9 Å². The van der Waals surface area contributed by atoms with Crippen molar-refractivity contribution in [2.24, 2.45) is 0 Å². The first kappa shape index (κ1) is 21.0. The number of methoxy groups -OCH3 is 3. The van der Waals surface area contributed by atoms with E-state index in [0.29, 0.717) is 28.3 Å². The zero-order valence-electron chi connectivity index (χ0n) is 16.7. The van der Waals surface area contributed by atoms with Gasteiger partial charge in [0.15, 0.2) is 17.6 Å². The Morgan fingerprint density at radius 3 is 2.18 bits per heavy atom. The number of hydrogen-bond donors (Lipinski definition) is 1. The number of aromatic amines is 1. The predicted octanol–water partition coefficient (Wildman–Crippen LogP) is 2.86. The van der Waals surface area contributed by atoms with E-state index in [4.69, 9.17) is 18.9 Å². The average Bonchev–Trinajstić information content (AvgIpc) is 2.99. The Kier molecular flexibility index (Phi) is 6.45. The van der Waals surface area contributed by atoms with Crippen molar-refractivity contribution in [3.63, 3.8) is 0 Å². The molecule has 8 nitrogen and oxygen atoms in total. The van der Waals surface area contributed by atoms with Gasteiger partial charge in [-0.3, -0.25) is 4.79 Å². The maximum Gasteiger partial charge on any atom is 0.339 e. The Morgan fingerprint density at radius 2 is 1.61 bits per heavy atom. The first-order valence-corrected chi connectivity index (χ1v) is 8.49. The highest BCUT2D eigenvalue weighted by Gasteiger charge is 2.27. The van der Waals surface area contributed by atoms with Crippen LogP contribution in [0.1, 0.15) is 49.4 Å². The second-order valence-electron chi connectivity index (χ2n) is 6.10. The van der Waals surface area contributed by atoms with Gasteiger partial charge in [0.2, 0.25) is 5.78 Å². The van der Waals surface area contributed by atoms with Crippen LogP contribution in [0.5, 0.6) is 11.5 Å². The number of hydrogen-bond acceptors (Lipinski definition) is 7. The van der Waals surface area contributed by atoms with Crippen LogP contribution >= 0.6 is 0 Å². The summed E-state index contributed by atoms with van der Waals surface area (Å²) in [7, 11) is 4.21. The molecule has 0 radical (unpaired) electrons. The van der Waals surface area contributed by atoms with Crippen LogP contribution in [-0.4, -0.2) is 50.1 Å². The van der Waals surface area contributed by atoms with Crippen molar-refractivity contribution in [1.29, 1.82) is 0 Å². The molecule has 1 aromatic heterocycles. The second-order valence-corrected chi connectivity index (χ2v) is 6.10. The minimum atomic E-state index is -1.07. The maximum atomic E-state index is 12.7. The molecule has 0 bridgehead atoms. The Morgan fingerprint density at radius 1 is 0.964 bits per heavy atom. The highest BCUT2D eigenvalue weighted by molar-refractivity contribution is 6.04. The van der Waals surface area contributed by atoms with Gasteiger partial charge in [0.25, 0.3) is 0 Å². The number of Topliss-reactive ketones (excluding diaryl/α,β-unsaturated/α-hetero) is 1. The summed E-state index contributed by atoms with van der Waals surface area (Å²) in [5, 5.41) is 0. The fourth-order valence-corrected chi connectivity index (χ4v) is 2.85. The highest BCUT2D eigenvalue weighted by Crippen LogP contribution is 2.28. The fourth-order valence-electron chi connectivity index (χ4n) is 2.85. The molecule has 1 atom stereocenters. The highest BCUT2D eigenvalue weighted by atomic mass is 16.5. The van der Waals surface area contributed by atoms with Crippen molar-refractivity contribution < 1.29 is 33.3 Å². The van der Waals surface area contributed by atoms with Gasteiger partial charge in [0.1, 0.15) is 0 Å². The summed E-state index contributed by atoms with van der Waals surface area (Å²) in [6.07, 6.45) is -1.07. The van der Waals surface area contributed by atoms with Gasteiger partial charge in [-0.1, -0.05) is 0 Å². The number of benzene rings is 1. The fraction of sp³-hybridized carbons (Fsp3) is 0.350. The molecule has 0 unspecified atom stereocenters. The van der Waals surface area contributed by atoms with Gasteiger partial charge in [-0.2, -0.15) is 0 Å². The molecule has 0 amide bonds. The van der Waals surface area contributed by atoms with Crippen LogP contribution in [0.3, 0.4) is 0 Å². The van der Waals surface area contributed by atoms with E-state index in [0.717, 1.165) is 0 Å². The third kappa shape index (κ3) is 4.00. The summed E-state index contributed by atoms with van der Waals surface area (Å²) in [6, 6.07) is 4.56. The molecule has 1 heterocycles. The summed E-state index contributed by atoms with van der Waals surface area (Å²) < 4.78 is 20.3. The Bertz CT molecular complexity index is 914. The average molecular weight is 389 g/mol. The van der Waals surface area contributed by atoms with E-state index in [1.807, 2.05) is 0 Å². The Labute approximate surface area is 162 Å². The number of H-pyrrole nitrogens is 1. The monoisotopic (exact) mass is 389 g/mol. The standard InChI is InChI=1S/C20H23NO7/c1-10-16(20(24)27-6)11(2)21-17(10)18(22)12(3)28-19(23)13-7-8-14(25-4)15(9-13)26-5/h7-9,12,21H,1-6H3/t12-/m0/s1. The van der Waals surface area contributed by atoms with Crippen LogP contribution in [0.2, 0.25) is 0 Å². The quantitative estimate of drug-likeness (QED) is 0.573. The van der Waals surface area contributed by atoms with Crippen LogP contribution in [0, 0.1) is 13.8 Å². The van der Waals surface area contributed by atoms with Crippen molar-refractivity contribution >= 4 is 17.7 Å². The lowest BCUT2D eigenvalue weighted by Gasteiger charge is -2.13. The van der Waals surface area contributed by atoms with Crippen molar-refractivity contribution in [3.05, 3.63) is 46.3 Å². The number of aromatic nitrogens is 1. The number of ether oxygens (including phenoxy) is 4. The lowest BCUT2D eigenvalue weighted by molar-refractivity contribution is 0.0316. The summed E-state index contributed by atoms with van der Waals surface area (Å²) in [5.74, 6) is -0.841. The molecular formula is C20H23NO7. The number of ketones is 1. The lowest BCUT2D eigenvalue weighted by atomic mass is 10.1. The van der Waals surface area contributed by atoms with E-state index in [1.165, 1.54) is 40.4 Å². The number of aryl methyl sites for hydroxylation is 1. The van der Waals surface area contributed by atoms with Crippen molar-refractivity contribution in [2.45, 2.75) is 26.9 Å². The molecule has 8 heteroatoms. The molecule has 1 aromatic carbocycles. The smallest absolute Gasteiger partial charge is 0.339 e. The molecule has 1 N–H and O–H groups in total. The number of rotatable bonds is 7. The zero-order valence-corrected chi connectivity index (χ0v) is 16.7. The van der Waals surface area contributed by atoms with Gasteiger partial charge in [0, 0.05) is 5.69 Å². The van der Waals surface area contributed by atoms with Gasteiger partial charge in [-0.05, 0) is 44.5 Å². The van der Waals surface area contributed by atoms with Crippen LogP contribution < -0.4 is 9.47 Å². The van der Waals surface area contributed by atoms with Crippen LogP contribution in [0.15, 0.2) is 18.2 Å². The molecule has 2 rings (SSSR count). The maximum absolute atomic E-state index is 12.7. The predicted molar refractivity (Wildman–Crippen MR) is 100 cm³/mol. The summed E-state index contributed by atoms with van der Waals surface area (Å²) in [5.41, 5.74) is 1.66. The first-order chi connectivity index (χ1) is 13.2. The minimum Gasteiger partial charge on any atom is -0.493 e. The molecule has 0 aliphatic rings. The van der Waals surface area contributed by atoms with Crippen LogP contribution in [0.25, 0.3) is 0 Å². The van der Waals surface area contributed by atoms with Crippen molar-refractivity contribution in [2.75, 3.05) is 21.3 Å². The number of nitrogens with one attached hydrogen (secondary N) is 1. The van der Waals surface area contributed by atoms with E-state index in [2.05, 4.69) is 4.98 Å². The van der Waals surface area contributed by atoms with E-state index in [1.54, 1.807) is 19.9 Å². The summed E-state index contributed by atoms with van der Waals surface area (Å²) >= 11 is 0. The van der Waals surface area contributed by atoms with E-state index >= 15 is 0 Å². The first-order valence-electron chi connectivity index (χ1n) is 8.49. The van der Waals surface area contributed by atoms with E-state index < -0.39 is 23.8 Å². The Hall–Kier alpha value is -3.29. The molecule has 0 saturated carbocycles.